The van der Waals surface area contributed by atoms with E-state index in [1.54, 1.807) is 15.0 Å². The van der Waals surface area contributed by atoms with Gasteiger partial charge in [0.2, 0.25) is 0 Å². The van der Waals surface area contributed by atoms with E-state index in [0.717, 1.165) is 0 Å². The number of halogens is 1. The highest BCUT2D eigenvalue weighted by Crippen LogP contribution is 1.84. The van der Waals surface area contributed by atoms with Crippen LogP contribution in [0.5, 0.6) is 0 Å². The average Bonchev–Trinajstić information content (AvgIpc) is 1.80. The molecule has 0 bridgehead atoms. The standard InChI is InChI=1S/C3H7Cl.C3H3N3O3/c1-3(2)4;7-1-4-2(8)6-3(9)5-1/h3H,1-2H3;(H3,4,5,6,7,8,9). The van der Waals surface area contributed by atoms with Gasteiger partial charge in [0, 0.05) is 5.38 Å². The van der Waals surface area contributed by atoms with E-state index in [-0.39, 0.29) is 0 Å². The van der Waals surface area contributed by atoms with Crippen LogP contribution in [0.15, 0.2) is 14.4 Å². The number of rotatable bonds is 0. The van der Waals surface area contributed by atoms with Crippen molar-refractivity contribution in [1.29, 1.82) is 0 Å². The molecule has 1 aromatic heterocycles. The number of alkyl halides is 1. The topological polar surface area (TPSA) is 98.6 Å². The number of aromatic amines is 3. The highest BCUT2D eigenvalue weighted by atomic mass is 35.5. The van der Waals surface area contributed by atoms with Crippen molar-refractivity contribution in [2.24, 2.45) is 0 Å². The van der Waals surface area contributed by atoms with Crippen LogP contribution in [0.1, 0.15) is 13.8 Å². The van der Waals surface area contributed by atoms with Crippen molar-refractivity contribution in [3.63, 3.8) is 0 Å². The predicted octanol–water partition coefficient (Wildman–Crippen LogP) is -0.615. The van der Waals surface area contributed by atoms with E-state index < -0.39 is 17.1 Å². The maximum absolute atomic E-state index is 10.2. The van der Waals surface area contributed by atoms with E-state index in [2.05, 4.69) is 0 Å². The van der Waals surface area contributed by atoms with Crippen LogP contribution in [0, 0.1) is 0 Å². The predicted molar refractivity (Wildman–Crippen MR) is 49.3 cm³/mol. The van der Waals surface area contributed by atoms with E-state index in [0.29, 0.717) is 5.38 Å². The molecule has 0 aliphatic heterocycles. The Hall–Kier alpha value is -1.30. The second kappa shape index (κ2) is 5.36. The van der Waals surface area contributed by atoms with E-state index in [1.165, 1.54) is 0 Å². The first-order chi connectivity index (χ1) is 5.91. The van der Waals surface area contributed by atoms with Gasteiger partial charge in [-0.2, -0.15) is 0 Å². The van der Waals surface area contributed by atoms with Crippen LogP contribution >= 0.6 is 11.6 Å². The third-order valence-corrected chi connectivity index (χ3v) is 0.681. The highest BCUT2D eigenvalue weighted by molar-refractivity contribution is 6.20. The van der Waals surface area contributed by atoms with Crippen molar-refractivity contribution >= 4 is 11.6 Å². The Bertz CT molecular complexity index is 321. The van der Waals surface area contributed by atoms with Crippen LogP contribution in [-0.4, -0.2) is 20.3 Å². The minimum absolute atomic E-state index is 0.306. The van der Waals surface area contributed by atoms with Crippen LogP contribution in [0.4, 0.5) is 0 Å². The van der Waals surface area contributed by atoms with Crippen molar-refractivity contribution < 1.29 is 0 Å². The fraction of sp³-hybridized carbons (Fsp3) is 0.500. The summed E-state index contributed by atoms with van der Waals surface area (Å²) in [7, 11) is 0. The molecule has 0 saturated heterocycles. The van der Waals surface area contributed by atoms with Gasteiger partial charge in [-0.15, -0.1) is 11.6 Å². The van der Waals surface area contributed by atoms with Crippen LogP contribution in [0.25, 0.3) is 0 Å². The van der Waals surface area contributed by atoms with Crippen LogP contribution in [-0.2, 0) is 0 Å². The second-order valence-electron chi connectivity index (χ2n) is 2.38. The van der Waals surface area contributed by atoms with E-state index in [1.807, 2.05) is 13.8 Å². The van der Waals surface area contributed by atoms with Crippen molar-refractivity contribution in [2.45, 2.75) is 19.2 Å². The summed E-state index contributed by atoms with van der Waals surface area (Å²) >= 11 is 5.27. The summed E-state index contributed by atoms with van der Waals surface area (Å²) in [6.07, 6.45) is 0. The second-order valence-corrected chi connectivity index (χ2v) is 3.25. The van der Waals surface area contributed by atoms with Gasteiger partial charge in [0.25, 0.3) is 0 Å². The van der Waals surface area contributed by atoms with Gasteiger partial charge in [0.15, 0.2) is 0 Å². The Morgan fingerprint density at radius 2 is 1.08 bits per heavy atom. The molecule has 0 spiro atoms. The lowest BCUT2D eigenvalue weighted by Gasteiger charge is -1.77. The van der Waals surface area contributed by atoms with Crippen molar-refractivity contribution in [2.75, 3.05) is 0 Å². The summed E-state index contributed by atoms with van der Waals surface area (Å²) in [6.45, 7) is 3.86. The van der Waals surface area contributed by atoms with Crippen molar-refractivity contribution in [3.05, 3.63) is 31.5 Å². The van der Waals surface area contributed by atoms with Crippen LogP contribution < -0.4 is 17.1 Å². The molecule has 7 heteroatoms. The molecule has 0 saturated carbocycles. The SMILES string of the molecule is CC(C)Cl.O=c1[nH]c(=O)[nH]c(=O)[nH]1. The monoisotopic (exact) mass is 207 g/mol. The molecule has 1 aromatic rings. The summed E-state index contributed by atoms with van der Waals surface area (Å²) in [6, 6.07) is 0. The number of aromatic nitrogens is 3. The fourth-order valence-electron chi connectivity index (χ4n) is 0.403. The average molecular weight is 208 g/mol. The van der Waals surface area contributed by atoms with E-state index in [4.69, 9.17) is 11.6 Å². The summed E-state index contributed by atoms with van der Waals surface area (Å²) in [4.78, 5) is 35.9. The van der Waals surface area contributed by atoms with Crippen molar-refractivity contribution in [3.8, 4) is 0 Å². The number of nitrogens with one attached hydrogen (secondary N) is 3. The molecule has 6 nitrogen and oxygen atoms in total. The Morgan fingerprint density at radius 1 is 0.923 bits per heavy atom. The molecule has 0 fully saturated rings. The van der Waals surface area contributed by atoms with Gasteiger partial charge in [0.05, 0.1) is 0 Å². The van der Waals surface area contributed by atoms with E-state index >= 15 is 0 Å². The molecule has 74 valence electrons. The number of H-pyrrole nitrogens is 3. The molecule has 3 N–H and O–H groups in total. The smallest absolute Gasteiger partial charge is 0.259 e. The first-order valence-electron chi connectivity index (χ1n) is 3.49. The molecule has 0 amide bonds. The molecule has 13 heavy (non-hydrogen) atoms. The highest BCUT2D eigenvalue weighted by Gasteiger charge is 1.85. The minimum atomic E-state index is -0.802. The zero-order valence-corrected chi connectivity index (χ0v) is 7.94. The lowest BCUT2D eigenvalue weighted by atomic mass is 10.6. The third kappa shape index (κ3) is 7.07. The molecule has 0 radical (unpaired) electrons. The molecular weight excluding hydrogens is 198 g/mol. The van der Waals surface area contributed by atoms with Crippen LogP contribution in [0.3, 0.4) is 0 Å². The number of hydrogen-bond acceptors (Lipinski definition) is 3. The molecule has 0 aromatic carbocycles. The van der Waals surface area contributed by atoms with E-state index in [9.17, 15) is 14.4 Å². The van der Waals surface area contributed by atoms with Gasteiger partial charge in [-0.05, 0) is 13.8 Å². The van der Waals surface area contributed by atoms with Crippen LogP contribution in [0.2, 0.25) is 0 Å². The van der Waals surface area contributed by atoms with Crippen molar-refractivity contribution in [1.82, 2.24) is 15.0 Å². The van der Waals surface area contributed by atoms with Gasteiger partial charge in [0.1, 0.15) is 0 Å². The maximum Gasteiger partial charge on any atom is 0.330 e. The zero-order chi connectivity index (χ0) is 10.4. The molecule has 1 rings (SSSR count). The first kappa shape index (κ1) is 11.7. The largest absolute Gasteiger partial charge is 0.330 e. The molecule has 0 aliphatic rings. The first-order valence-corrected chi connectivity index (χ1v) is 3.92. The Kier molecular flexibility index (Phi) is 4.83. The van der Waals surface area contributed by atoms with Gasteiger partial charge in [-0.25, -0.2) is 14.4 Å². The van der Waals surface area contributed by atoms with Gasteiger partial charge in [-0.1, -0.05) is 0 Å². The minimum Gasteiger partial charge on any atom is -0.259 e. The third-order valence-electron chi connectivity index (χ3n) is 0.681. The summed E-state index contributed by atoms with van der Waals surface area (Å²) in [5.74, 6) is 0. The zero-order valence-electron chi connectivity index (χ0n) is 7.18. The Labute approximate surface area is 78.0 Å². The molecule has 0 unspecified atom stereocenters. The normalized spacial score (nSPS) is 9.23. The fourth-order valence-corrected chi connectivity index (χ4v) is 0.403. The number of hydrogen-bond donors (Lipinski definition) is 3. The summed E-state index contributed by atoms with van der Waals surface area (Å²) in [5.41, 5.74) is -2.41. The molecule has 0 atom stereocenters. The Balaban J connectivity index is 0.000000310. The molecule has 0 aliphatic carbocycles. The maximum atomic E-state index is 10.2. The Morgan fingerprint density at radius 3 is 1.23 bits per heavy atom. The van der Waals surface area contributed by atoms with Gasteiger partial charge in [-0.3, -0.25) is 15.0 Å². The lowest BCUT2D eigenvalue weighted by Crippen LogP contribution is -2.34. The molecule has 1 heterocycles. The van der Waals surface area contributed by atoms with Gasteiger partial charge >= 0.3 is 17.1 Å². The summed E-state index contributed by atoms with van der Waals surface area (Å²) < 4.78 is 0. The lowest BCUT2D eigenvalue weighted by molar-refractivity contribution is 0.888. The molecular formula is C6H10ClN3O3. The summed E-state index contributed by atoms with van der Waals surface area (Å²) in [5, 5.41) is 0.306. The quantitative estimate of drug-likeness (QED) is 0.495. The van der Waals surface area contributed by atoms with Gasteiger partial charge < -0.3 is 0 Å².